The molecule has 27 heavy (non-hydrogen) atoms. The Morgan fingerprint density at radius 3 is 2.85 bits per heavy atom. The van der Waals surface area contributed by atoms with Crippen LogP contribution in [0.5, 0.6) is 0 Å². The maximum absolute atomic E-state index is 12.4. The Bertz CT molecular complexity index is 809. The number of aromatic nitrogens is 4. The lowest BCUT2D eigenvalue weighted by Crippen LogP contribution is -2.40. The lowest BCUT2D eigenvalue weighted by Gasteiger charge is -2.28. The molecule has 146 valence electrons. The standard InChI is InChI=1S/C17H25N7OS2/c1-5-6-7-26-17-24-23-16(27-17)22-14-12-13(18-10(4)19-14)20-11(8-9(2)3)15(25)21-12/h9,11H,5-8H2,1-4H3,(H,21,25)(H2,18,19,20,22,23). The van der Waals surface area contributed by atoms with Gasteiger partial charge in [-0.05, 0) is 25.7 Å². The van der Waals surface area contributed by atoms with E-state index in [0.717, 1.165) is 29.4 Å². The lowest BCUT2D eigenvalue weighted by molar-refractivity contribution is -0.117. The van der Waals surface area contributed by atoms with Gasteiger partial charge in [0.15, 0.2) is 16.0 Å². The first kappa shape index (κ1) is 19.8. The van der Waals surface area contributed by atoms with Crippen LogP contribution in [0.3, 0.4) is 0 Å². The monoisotopic (exact) mass is 407 g/mol. The minimum absolute atomic E-state index is 0.0697. The van der Waals surface area contributed by atoms with Crippen molar-refractivity contribution in [1.82, 2.24) is 20.2 Å². The van der Waals surface area contributed by atoms with E-state index in [1.54, 1.807) is 11.8 Å². The van der Waals surface area contributed by atoms with Gasteiger partial charge in [-0.1, -0.05) is 50.3 Å². The number of anilines is 4. The van der Waals surface area contributed by atoms with Gasteiger partial charge >= 0.3 is 0 Å². The van der Waals surface area contributed by atoms with Crippen molar-refractivity contribution in [1.29, 1.82) is 0 Å². The summed E-state index contributed by atoms with van der Waals surface area (Å²) in [6, 6.07) is -0.289. The molecule has 2 aromatic rings. The van der Waals surface area contributed by atoms with Gasteiger partial charge < -0.3 is 16.0 Å². The molecule has 8 nitrogen and oxygen atoms in total. The van der Waals surface area contributed by atoms with Crippen LogP contribution in [0.1, 0.15) is 45.9 Å². The van der Waals surface area contributed by atoms with Gasteiger partial charge in [-0.25, -0.2) is 9.97 Å². The highest BCUT2D eigenvalue weighted by molar-refractivity contribution is 8.01. The summed E-state index contributed by atoms with van der Waals surface area (Å²) >= 11 is 3.19. The first-order valence-electron chi connectivity index (χ1n) is 9.15. The molecule has 3 rings (SSSR count). The molecule has 2 aromatic heterocycles. The zero-order valence-electron chi connectivity index (χ0n) is 16.0. The molecule has 0 bridgehead atoms. The molecule has 0 spiro atoms. The molecule has 0 aromatic carbocycles. The van der Waals surface area contributed by atoms with Crippen molar-refractivity contribution in [3.63, 3.8) is 0 Å². The van der Waals surface area contributed by atoms with Crippen molar-refractivity contribution in [3.05, 3.63) is 5.82 Å². The molecule has 0 saturated heterocycles. The largest absolute Gasteiger partial charge is 0.356 e. The van der Waals surface area contributed by atoms with Crippen molar-refractivity contribution in [2.24, 2.45) is 5.92 Å². The molecule has 10 heteroatoms. The fourth-order valence-corrected chi connectivity index (χ4v) is 4.59. The third-order valence-electron chi connectivity index (χ3n) is 3.96. The Hall–Kier alpha value is -1.94. The summed E-state index contributed by atoms with van der Waals surface area (Å²) in [5.41, 5.74) is 0.556. The minimum Gasteiger partial charge on any atom is -0.356 e. The molecule has 1 unspecified atom stereocenters. The summed E-state index contributed by atoms with van der Waals surface area (Å²) in [5, 5.41) is 18.4. The van der Waals surface area contributed by atoms with Crippen LogP contribution in [0.25, 0.3) is 0 Å². The average molecular weight is 408 g/mol. The second-order valence-corrected chi connectivity index (χ2v) is 9.18. The van der Waals surface area contributed by atoms with Crippen LogP contribution in [0.15, 0.2) is 4.34 Å². The first-order valence-corrected chi connectivity index (χ1v) is 11.0. The fourth-order valence-electron chi connectivity index (χ4n) is 2.69. The number of carbonyl (C=O) groups excluding carboxylic acids is 1. The number of nitrogens with zero attached hydrogens (tertiary/aromatic N) is 4. The van der Waals surface area contributed by atoms with Gasteiger partial charge in [-0.2, -0.15) is 0 Å². The number of unbranched alkanes of at least 4 members (excludes halogenated alkanes) is 1. The third-order valence-corrected chi connectivity index (χ3v) is 6.02. The second-order valence-electron chi connectivity index (χ2n) is 6.86. The van der Waals surface area contributed by atoms with Crippen molar-refractivity contribution < 1.29 is 4.79 Å². The summed E-state index contributed by atoms with van der Waals surface area (Å²) in [6.45, 7) is 8.18. The van der Waals surface area contributed by atoms with E-state index in [4.69, 9.17) is 0 Å². The molecular formula is C17H25N7OS2. The molecule has 3 heterocycles. The van der Waals surface area contributed by atoms with E-state index < -0.39 is 0 Å². The highest BCUT2D eigenvalue weighted by atomic mass is 32.2. The topological polar surface area (TPSA) is 105 Å². The van der Waals surface area contributed by atoms with Gasteiger partial charge in [0.2, 0.25) is 11.0 Å². The van der Waals surface area contributed by atoms with E-state index in [-0.39, 0.29) is 11.9 Å². The average Bonchev–Trinajstić information content (AvgIpc) is 3.03. The van der Waals surface area contributed by atoms with Gasteiger partial charge in [0.05, 0.1) is 0 Å². The van der Waals surface area contributed by atoms with Gasteiger partial charge in [0, 0.05) is 5.75 Å². The van der Waals surface area contributed by atoms with Crippen LogP contribution in [0, 0.1) is 12.8 Å². The number of thioether (sulfide) groups is 1. The fraction of sp³-hybridized carbons (Fsp3) is 0.588. The number of hydrogen-bond acceptors (Lipinski definition) is 9. The third kappa shape index (κ3) is 5.07. The van der Waals surface area contributed by atoms with E-state index in [0.29, 0.717) is 34.2 Å². The number of nitrogens with one attached hydrogen (secondary N) is 3. The Morgan fingerprint density at radius 2 is 2.11 bits per heavy atom. The van der Waals surface area contributed by atoms with Crippen molar-refractivity contribution >= 4 is 51.5 Å². The molecule has 1 aliphatic rings. The van der Waals surface area contributed by atoms with E-state index in [9.17, 15) is 4.79 Å². The van der Waals surface area contributed by atoms with Crippen LogP contribution >= 0.6 is 23.1 Å². The molecule has 0 saturated carbocycles. The number of aryl methyl sites for hydroxylation is 1. The molecule has 1 aliphatic heterocycles. The minimum atomic E-state index is -0.289. The van der Waals surface area contributed by atoms with Crippen LogP contribution in [-0.2, 0) is 4.79 Å². The smallest absolute Gasteiger partial charge is 0.247 e. The van der Waals surface area contributed by atoms with Gasteiger partial charge in [-0.15, -0.1) is 10.2 Å². The van der Waals surface area contributed by atoms with Crippen LogP contribution < -0.4 is 16.0 Å². The zero-order chi connectivity index (χ0) is 19.4. The van der Waals surface area contributed by atoms with Crippen molar-refractivity contribution in [2.45, 2.75) is 57.3 Å². The summed E-state index contributed by atoms with van der Waals surface area (Å²) in [7, 11) is 0. The molecule has 0 aliphatic carbocycles. The van der Waals surface area contributed by atoms with E-state index >= 15 is 0 Å². The molecule has 1 atom stereocenters. The Morgan fingerprint density at radius 1 is 1.30 bits per heavy atom. The predicted octanol–water partition coefficient (Wildman–Crippen LogP) is 4.05. The van der Waals surface area contributed by atoms with Crippen LogP contribution in [0.4, 0.5) is 22.5 Å². The quantitative estimate of drug-likeness (QED) is 0.445. The van der Waals surface area contributed by atoms with Crippen molar-refractivity contribution in [2.75, 3.05) is 21.7 Å². The molecule has 3 N–H and O–H groups in total. The maximum Gasteiger partial charge on any atom is 0.247 e. The van der Waals surface area contributed by atoms with E-state index in [1.165, 1.54) is 11.3 Å². The highest BCUT2D eigenvalue weighted by Crippen LogP contribution is 2.35. The number of hydrogen-bond donors (Lipinski definition) is 3. The maximum atomic E-state index is 12.4. The molecule has 1 amide bonds. The number of amides is 1. The van der Waals surface area contributed by atoms with Crippen molar-refractivity contribution in [3.8, 4) is 0 Å². The van der Waals surface area contributed by atoms with Gasteiger partial charge in [0.1, 0.15) is 17.6 Å². The zero-order valence-corrected chi connectivity index (χ0v) is 17.6. The van der Waals surface area contributed by atoms with Gasteiger partial charge in [0.25, 0.3) is 0 Å². The number of rotatable bonds is 8. The highest BCUT2D eigenvalue weighted by Gasteiger charge is 2.29. The summed E-state index contributed by atoms with van der Waals surface area (Å²) < 4.78 is 0.921. The van der Waals surface area contributed by atoms with Gasteiger partial charge in [-0.3, -0.25) is 4.79 Å². The van der Waals surface area contributed by atoms with Crippen LogP contribution in [-0.4, -0.2) is 37.9 Å². The second kappa shape index (κ2) is 8.83. The summed E-state index contributed by atoms with van der Waals surface area (Å²) in [4.78, 5) is 21.3. The molecular weight excluding hydrogens is 382 g/mol. The molecule has 0 radical (unpaired) electrons. The summed E-state index contributed by atoms with van der Waals surface area (Å²) in [6.07, 6.45) is 3.06. The van der Waals surface area contributed by atoms with E-state index in [2.05, 4.69) is 56.9 Å². The Kier molecular flexibility index (Phi) is 6.48. The SMILES string of the molecule is CCCCSc1nnc(Nc2nc(C)nc3c2NC(=O)C(CC(C)C)N3)s1. The number of fused-ring (bicyclic) bond motifs is 1. The molecule has 0 fully saturated rings. The lowest BCUT2D eigenvalue weighted by atomic mass is 10.0. The normalized spacial score (nSPS) is 16.0. The Balaban J connectivity index is 1.78. The number of carbonyl (C=O) groups is 1. The van der Waals surface area contributed by atoms with E-state index in [1.807, 2.05) is 6.92 Å². The van der Waals surface area contributed by atoms with Crippen LogP contribution in [0.2, 0.25) is 0 Å². The summed E-state index contributed by atoms with van der Waals surface area (Å²) in [5.74, 6) is 3.15. The first-order chi connectivity index (χ1) is 13.0. The predicted molar refractivity (Wildman–Crippen MR) is 111 cm³/mol. The Labute approximate surface area is 167 Å².